The number of likely N-dealkylation sites (tertiary alicyclic amines) is 1. The van der Waals surface area contributed by atoms with Gasteiger partial charge in [-0.3, -0.25) is 9.59 Å². The monoisotopic (exact) mass is 395 g/mol. The van der Waals surface area contributed by atoms with Gasteiger partial charge < -0.3 is 10.0 Å². The summed E-state index contributed by atoms with van der Waals surface area (Å²) in [5, 5.41) is 13.4. The number of hydrogen-bond donors (Lipinski definition) is 1. The van der Waals surface area contributed by atoms with E-state index in [1.807, 2.05) is 32.0 Å². The van der Waals surface area contributed by atoms with Gasteiger partial charge >= 0.3 is 12.1 Å². The smallest absolute Gasteiger partial charge is 0.394 e. The molecular formula is C19H20F3N3O3. The first-order valence-electron chi connectivity index (χ1n) is 8.71. The second kappa shape index (κ2) is 6.96. The average molecular weight is 395 g/mol. The Labute approximate surface area is 159 Å². The summed E-state index contributed by atoms with van der Waals surface area (Å²) in [5.41, 5.74) is 3.40. The molecule has 0 bridgehead atoms. The second-order valence-corrected chi connectivity index (χ2v) is 7.23. The van der Waals surface area contributed by atoms with Crippen LogP contribution in [0.3, 0.4) is 0 Å². The van der Waals surface area contributed by atoms with Gasteiger partial charge in [0.05, 0.1) is 17.5 Å². The molecule has 150 valence electrons. The van der Waals surface area contributed by atoms with Crippen molar-refractivity contribution in [3.05, 3.63) is 46.8 Å². The number of carbonyl (C=O) groups excluding carboxylic acids is 1. The standard InChI is InChI=1S/C19H20F3N3O3/c1-10-4-11(2)6-13(5-10)25-12(3)7-16(23-25)17(26)24-8-14(18(27)28)15(9-24)19(20,21)22/h4-7,14-15H,8-9H2,1-3H3,(H,27,28)/t14-,15-/m1/s1. The van der Waals surface area contributed by atoms with Crippen molar-refractivity contribution in [2.45, 2.75) is 26.9 Å². The van der Waals surface area contributed by atoms with Crippen LogP contribution >= 0.6 is 0 Å². The Morgan fingerprint density at radius 3 is 2.18 bits per heavy atom. The van der Waals surface area contributed by atoms with Gasteiger partial charge in [-0.2, -0.15) is 18.3 Å². The molecule has 1 aromatic carbocycles. The minimum absolute atomic E-state index is 0.0105. The maximum Gasteiger partial charge on any atom is 0.394 e. The van der Waals surface area contributed by atoms with Crippen molar-refractivity contribution in [3.63, 3.8) is 0 Å². The SMILES string of the molecule is Cc1cc(C)cc(-n2nc(C(=O)N3C[C@@H](C(F)(F)F)[C@H](C(=O)O)C3)cc2C)c1. The Morgan fingerprint density at radius 1 is 1.07 bits per heavy atom. The summed E-state index contributed by atoms with van der Waals surface area (Å²) in [6.45, 7) is 4.41. The Kier molecular flexibility index (Phi) is 4.95. The van der Waals surface area contributed by atoms with Crippen LogP contribution in [0.5, 0.6) is 0 Å². The van der Waals surface area contributed by atoms with Gasteiger partial charge in [-0.1, -0.05) is 6.07 Å². The highest BCUT2D eigenvalue weighted by molar-refractivity contribution is 5.93. The van der Waals surface area contributed by atoms with Crippen molar-refractivity contribution in [2.24, 2.45) is 11.8 Å². The predicted molar refractivity (Wildman–Crippen MR) is 94.3 cm³/mol. The Morgan fingerprint density at radius 2 is 1.68 bits per heavy atom. The summed E-state index contributed by atoms with van der Waals surface area (Å²) < 4.78 is 41.0. The fourth-order valence-corrected chi connectivity index (χ4v) is 3.63. The van der Waals surface area contributed by atoms with E-state index in [1.165, 1.54) is 6.07 Å². The molecule has 1 aliphatic rings. The van der Waals surface area contributed by atoms with Crippen molar-refractivity contribution in [2.75, 3.05) is 13.1 Å². The summed E-state index contributed by atoms with van der Waals surface area (Å²) in [7, 11) is 0. The van der Waals surface area contributed by atoms with Crippen LogP contribution in [0.15, 0.2) is 24.3 Å². The lowest BCUT2D eigenvalue weighted by molar-refractivity contribution is -0.187. The molecule has 1 saturated heterocycles. The van der Waals surface area contributed by atoms with Gasteiger partial charge in [0, 0.05) is 18.8 Å². The highest BCUT2D eigenvalue weighted by Crippen LogP contribution is 2.38. The number of hydrogen-bond acceptors (Lipinski definition) is 3. The normalized spacial score (nSPS) is 19.9. The highest BCUT2D eigenvalue weighted by atomic mass is 19.4. The van der Waals surface area contributed by atoms with Crippen LogP contribution in [-0.2, 0) is 4.79 Å². The van der Waals surface area contributed by atoms with Gasteiger partial charge in [0.15, 0.2) is 5.69 Å². The molecule has 2 aromatic rings. The largest absolute Gasteiger partial charge is 0.481 e. The van der Waals surface area contributed by atoms with Crippen molar-refractivity contribution in [1.29, 1.82) is 0 Å². The van der Waals surface area contributed by atoms with E-state index in [2.05, 4.69) is 5.10 Å². The lowest BCUT2D eigenvalue weighted by Crippen LogP contribution is -2.34. The number of benzene rings is 1. The lowest BCUT2D eigenvalue weighted by Gasteiger charge is -2.18. The topological polar surface area (TPSA) is 75.4 Å². The zero-order valence-electron chi connectivity index (χ0n) is 15.6. The minimum atomic E-state index is -4.69. The first kappa shape index (κ1) is 19.9. The fourth-order valence-electron chi connectivity index (χ4n) is 3.63. The third-order valence-electron chi connectivity index (χ3n) is 4.90. The molecule has 3 rings (SSSR count). The number of nitrogens with zero attached hydrogens (tertiary/aromatic N) is 3. The van der Waals surface area contributed by atoms with E-state index in [0.717, 1.165) is 21.7 Å². The van der Waals surface area contributed by atoms with Crippen LogP contribution in [0.4, 0.5) is 13.2 Å². The molecule has 1 amide bonds. The van der Waals surface area contributed by atoms with E-state index in [0.29, 0.717) is 5.69 Å². The molecular weight excluding hydrogens is 375 g/mol. The van der Waals surface area contributed by atoms with Crippen molar-refractivity contribution in [1.82, 2.24) is 14.7 Å². The number of carboxylic acid groups (broad SMARTS) is 1. The molecule has 2 atom stereocenters. The van der Waals surface area contributed by atoms with Gasteiger partial charge in [0.2, 0.25) is 0 Å². The number of amides is 1. The molecule has 2 heterocycles. The molecule has 1 aliphatic heterocycles. The third kappa shape index (κ3) is 3.74. The molecule has 1 N–H and O–H groups in total. The van der Waals surface area contributed by atoms with Gasteiger partial charge in [-0.15, -0.1) is 0 Å². The van der Waals surface area contributed by atoms with Crippen LogP contribution < -0.4 is 0 Å². The number of aryl methyl sites for hydroxylation is 3. The second-order valence-electron chi connectivity index (χ2n) is 7.23. The number of carboxylic acids is 1. The molecule has 0 saturated carbocycles. The lowest BCUT2D eigenvalue weighted by atomic mass is 9.96. The summed E-state index contributed by atoms with van der Waals surface area (Å²) in [5.74, 6) is -6.03. The molecule has 1 fully saturated rings. The van der Waals surface area contributed by atoms with Gasteiger partial charge in [0.1, 0.15) is 0 Å². The Hall–Kier alpha value is -2.84. The number of halogens is 3. The zero-order valence-corrected chi connectivity index (χ0v) is 15.6. The van der Waals surface area contributed by atoms with E-state index in [4.69, 9.17) is 5.11 Å². The van der Waals surface area contributed by atoms with Crippen molar-refractivity contribution in [3.8, 4) is 5.69 Å². The van der Waals surface area contributed by atoms with Crippen LogP contribution in [0.1, 0.15) is 27.3 Å². The van der Waals surface area contributed by atoms with Crippen molar-refractivity contribution < 1.29 is 27.9 Å². The molecule has 0 aliphatic carbocycles. The summed E-state index contributed by atoms with van der Waals surface area (Å²) in [4.78, 5) is 24.8. The van der Waals surface area contributed by atoms with E-state index < -0.39 is 43.0 Å². The van der Waals surface area contributed by atoms with E-state index in [9.17, 15) is 22.8 Å². The summed E-state index contributed by atoms with van der Waals surface area (Å²) in [6.07, 6.45) is -4.69. The van der Waals surface area contributed by atoms with Crippen LogP contribution in [-0.4, -0.2) is 50.9 Å². The first-order valence-corrected chi connectivity index (χ1v) is 8.71. The van der Waals surface area contributed by atoms with E-state index in [-0.39, 0.29) is 5.69 Å². The molecule has 9 heteroatoms. The Bertz CT molecular complexity index is 916. The van der Waals surface area contributed by atoms with Crippen LogP contribution in [0.25, 0.3) is 5.69 Å². The maximum atomic E-state index is 13.2. The number of aliphatic carboxylic acids is 1. The van der Waals surface area contributed by atoms with Gasteiger partial charge in [0.25, 0.3) is 5.91 Å². The molecule has 28 heavy (non-hydrogen) atoms. The van der Waals surface area contributed by atoms with Gasteiger partial charge in [-0.05, 0) is 50.1 Å². The summed E-state index contributed by atoms with van der Waals surface area (Å²) >= 11 is 0. The predicted octanol–water partition coefficient (Wildman–Crippen LogP) is 3.13. The quantitative estimate of drug-likeness (QED) is 0.867. The number of aromatic nitrogens is 2. The van der Waals surface area contributed by atoms with E-state index in [1.54, 1.807) is 11.6 Å². The van der Waals surface area contributed by atoms with Gasteiger partial charge in [-0.25, -0.2) is 4.68 Å². The molecule has 0 unspecified atom stereocenters. The minimum Gasteiger partial charge on any atom is -0.481 e. The fraction of sp³-hybridized carbons (Fsp3) is 0.421. The molecule has 1 aromatic heterocycles. The zero-order chi connectivity index (χ0) is 20.8. The van der Waals surface area contributed by atoms with Crippen LogP contribution in [0, 0.1) is 32.6 Å². The van der Waals surface area contributed by atoms with Crippen molar-refractivity contribution >= 4 is 11.9 Å². The molecule has 6 nitrogen and oxygen atoms in total. The number of rotatable bonds is 3. The average Bonchev–Trinajstić information content (AvgIpc) is 3.17. The molecule has 0 spiro atoms. The van der Waals surface area contributed by atoms with E-state index >= 15 is 0 Å². The maximum absolute atomic E-state index is 13.2. The summed E-state index contributed by atoms with van der Waals surface area (Å²) in [6, 6.07) is 7.26. The number of alkyl halides is 3. The third-order valence-corrected chi connectivity index (χ3v) is 4.90. The first-order chi connectivity index (χ1) is 13.0. The highest BCUT2D eigenvalue weighted by Gasteiger charge is 2.53. The Balaban J connectivity index is 1.89. The molecule has 0 radical (unpaired) electrons. The van der Waals surface area contributed by atoms with Crippen LogP contribution in [0.2, 0.25) is 0 Å². The number of carbonyl (C=O) groups is 2.